The quantitative estimate of drug-likeness (QED) is 0.709. The molecule has 0 saturated heterocycles. The van der Waals surface area contributed by atoms with E-state index in [1.165, 1.54) is 0 Å². The van der Waals surface area contributed by atoms with Crippen LogP contribution in [0.1, 0.15) is 35.6 Å². The Labute approximate surface area is 88.3 Å². The lowest BCUT2D eigenvalue weighted by atomic mass is 9.87. The van der Waals surface area contributed by atoms with Crippen molar-refractivity contribution in [2.75, 3.05) is 0 Å². The number of halogens is 1. The van der Waals surface area contributed by atoms with Crippen molar-refractivity contribution in [1.29, 1.82) is 5.26 Å². The summed E-state index contributed by atoms with van der Waals surface area (Å²) in [5.41, 5.74) is 8.78. The number of nitrogens with zero attached hydrogens (tertiary/aromatic N) is 1. The molecule has 2 N–H and O–H groups in total. The Kier molecular flexibility index (Phi) is 2.45. The summed E-state index contributed by atoms with van der Waals surface area (Å²) in [5, 5.41) is 9.43. The zero-order chi connectivity index (χ0) is 10.1. The number of fused-ring (bicyclic) bond motifs is 1. The van der Waals surface area contributed by atoms with Crippen molar-refractivity contribution < 1.29 is 0 Å². The minimum Gasteiger partial charge on any atom is -0.324 e. The van der Waals surface area contributed by atoms with E-state index >= 15 is 0 Å². The first-order valence-electron chi connectivity index (χ1n) is 4.70. The van der Waals surface area contributed by atoms with Gasteiger partial charge in [-0.25, -0.2) is 0 Å². The van der Waals surface area contributed by atoms with Crippen LogP contribution in [-0.4, -0.2) is 0 Å². The number of nitrogens with two attached hydrogens (primary N) is 1. The van der Waals surface area contributed by atoms with Crippen LogP contribution in [0.3, 0.4) is 0 Å². The van der Waals surface area contributed by atoms with Crippen molar-refractivity contribution in [1.82, 2.24) is 0 Å². The molecule has 14 heavy (non-hydrogen) atoms. The molecule has 0 fully saturated rings. The highest BCUT2D eigenvalue weighted by Crippen LogP contribution is 2.34. The molecular weight excluding hydrogens is 196 g/mol. The summed E-state index contributed by atoms with van der Waals surface area (Å²) >= 11 is 6.09. The predicted molar refractivity (Wildman–Crippen MR) is 56.0 cm³/mol. The van der Waals surface area contributed by atoms with Gasteiger partial charge in [-0.15, -0.1) is 0 Å². The van der Waals surface area contributed by atoms with E-state index in [1.807, 2.05) is 6.07 Å². The molecule has 2 nitrogen and oxygen atoms in total. The Balaban J connectivity index is 2.58. The molecule has 0 saturated carbocycles. The van der Waals surface area contributed by atoms with Gasteiger partial charge in [0.15, 0.2) is 0 Å². The lowest BCUT2D eigenvalue weighted by Crippen LogP contribution is -2.18. The number of hydrogen-bond acceptors (Lipinski definition) is 2. The Bertz CT molecular complexity index is 406. The highest BCUT2D eigenvalue weighted by Gasteiger charge is 2.20. The third-order valence-corrected chi connectivity index (χ3v) is 2.99. The molecule has 0 amide bonds. The molecule has 0 heterocycles. The second kappa shape index (κ2) is 3.61. The van der Waals surface area contributed by atoms with Crippen molar-refractivity contribution in [3.8, 4) is 6.07 Å². The van der Waals surface area contributed by atoms with E-state index in [4.69, 9.17) is 22.6 Å². The van der Waals surface area contributed by atoms with Gasteiger partial charge in [-0.05, 0) is 42.5 Å². The summed E-state index contributed by atoms with van der Waals surface area (Å²) < 4.78 is 0. The molecule has 0 bridgehead atoms. The summed E-state index contributed by atoms with van der Waals surface area (Å²) in [6, 6.07) is 5.75. The van der Waals surface area contributed by atoms with Gasteiger partial charge in [0, 0.05) is 11.1 Å². The van der Waals surface area contributed by atoms with Crippen molar-refractivity contribution in [3.05, 3.63) is 33.8 Å². The molecule has 1 aliphatic rings. The number of nitriles is 1. The number of hydrogen-bond donors (Lipinski definition) is 1. The van der Waals surface area contributed by atoms with Gasteiger partial charge in [-0.2, -0.15) is 5.26 Å². The fourth-order valence-corrected chi connectivity index (χ4v) is 2.40. The minimum atomic E-state index is 0.0407. The fourth-order valence-electron chi connectivity index (χ4n) is 2.02. The van der Waals surface area contributed by atoms with Gasteiger partial charge in [0.1, 0.15) is 0 Å². The number of benzene rings is 1. The maximum absolute atomic E-state index is 8.79. The second-order valence-corrected chi connectivity index (χ2v) is 4.05. The van der Waals surface area contributed by atoms with Crippen LogP contribution in [-0.2, 0) is 6.42 Å². The van der Waals surface area contributed by atoms with Crippen LogP contribution in [0.15, 0.2) is 12.1 Å². The Morgan fingerprint density at radius 2 is 2.29 bits per heavy atom. The maximum Gasteiger partial charge on any atom is 0.0992 e. The molecule has 0 radical (unpaired) electrons. The van der Waals surface area contributed by atoms with Gasteiger partial charge in [0.25, 0.3) is 0 Å². The van der Waals surface area contributed by atoms with E-state index in [1.54, 1.807) is 6.07 Å². The molecule has 2 rings (SSSR count). The molecule has 72 valence electrons. The minimum absolute atomic E-state index is 0.0407. The van der Waals surface area contributed by atoms with Gasteiger partial charge in [0.2, 0.25) is 0 Å². The normalized spacial score (nSPS) is 19.9. The molecule has 1 aromatic carbocycles. The molecule has 0 spiro atoms. The zero-order valence-electron chi connectivity index (χ0n) is 7.76. The number of rotatable bonds is 0. The smallest absolute Gasteiger partial charge is 0.0992 e. The monoisotopic (exact) mass is 206 g/mol. The average molecular weight is 207 g/mol. The first-order chi connectivity index (χ1) is 6.72. The fraction of sp³-hybridized carbons (Fsp3) is 0.364. The van der Waals surface area contributed by atoms with Crippen LogP contribution in [0.25, 0.3) is 0 Å². The van der Waals surface area contributed by atoms with E-state index in [2.05, 4.69) is 6.07 Å². The first-order valence-corrected chi connectivity index (χ1v) is 5.08. The van der Waals surface area contributed by atoms with Gasteiger partial charge in [0.05, 0.1) is 11.6 Å². The first kappa shape index (κ1) is 9.51. The summed E-state index contributed by atoms with van der Waals surface area (Å²) in [6.07, 6.45) is 3.05. The average Bonchev–Trinajstić information content (AvgIpc) is 2.17. The van der Waals surface area contributed by atoms with Crippen LogP contribution < -0.4 is 5.73 Å². The summed E-state index contributed by atoms with van der Waals surface area (Å²) in [5.74, 6) is 0. The molecule has 1 aliphatic carbocycles. The highest BCUT2D eigenvalue weighted by atomic mass is 35.5. The van der Waals surface area contributed by atoms with Crippen LogP contribution in [0.5, 0.6) is 0 Å². The predicted octanol–water partition coefficient (Wildman–Crippen LogP) is 2.55. The van der Waals surface area contributed by atoms with Crippen molar-refractivity contribution in [3.63, 3.8) is 0 Å². The van der Waals surface area contributed by atoms with Crippen LogP contribution in [0, 0.1) is 11.3 Å². The third kappa shape index (κ3) is 1.50. The number of aryl methyl sites for hydroxylation is 1. The lowest BCUT2D eigenvalue weighted by Gasteiger charge is -2.23. The van der Waals surface area contributed by atoms with E-state index in [0.717, 1.165) is 30.4 Å². The summed E-state index contributed by atoms with van der Waals surface area (Å²) in [6.45, 7) is 0. The Morgan fingerprint density at radius 3 is 3.00 bits per heavy atom. The van der Waals surface area contributed by atoms with Crippen LogP contribution in [0.4, 0.5) is 0 Å². The summed E-state index contributed by atoms with van der Waals surface area (Å²) in [4.78, 5) is 0. The molecule has 3 heteroatoms. The summed E-state index contributed by atoms with van der Waals surface area (Å²) in [7, 11) is 0. The van der Waals surface area contributed by atoms with Gasteiger partial charge < -0.3 is 5.73 Å². The van der Waals surface area contributed by atoms with Crippen molar-refractivity contribution in [2.24, 2.45) is 5.73 Å². The zero-order valence-corrected chi connectivity index (χ0v) is 8.51. The molecule has 0 aliphatic heterocycles. The Hall–Kier alpha value is -1.04. The van der Waals surface area contributed by atoms with E-state index in [0.29, 0.717) is 10.6 Å². The van der Waals surface area contributed by atoms with Gasteiger partial charge in [-0.1, -0.05) is 11.6 Å². The molecule has 1 aromatic rings. The van der Waals surface area contributed by atoms with Gasteiger partial charge >= 0.3 is 0 Å². The second-order valence-electron chi connectivity index (χ2n) is 3.64. The Morgan fingerprint density at radius 1 is 1.50 bits per heavy atom. The van der Waals surface area contributed by atoms with Crippen molar-refractivity contribution in [2.45, 2.75) is 25.3 Å². The third-order valence-electron chi connectivity index (χ3n) is 2.68. The molecule has 0 aromatic heterocycles. The highest BCUT2D eigenvalue weighted by molar-refractivity contribution is 6.31. The van der Waals surface area contributed by atoms with Crippen molar-refractivity contribution >= 4 is 11.6 Å². The van der Waals surface area contributed by atoms with E-state index in [9.17, 15) is 0 Å². The van der Waals surface area contributed by atoms with Gasteiger partial charge in [-0.3, -0.25) is 0 Å². The lowest BCUT2D eigenvalue weighted by molar-refractivity contribution is 0.570. The molecule has 1 atom stereocenters. The SMILES string of the molecule is N#Cc1cc(Cl)c2c(c1)CCCC2N. The van der Waals surface area contributed by atoms with Crippen LogP contribution >= 0.6 is 11.6 Å². The maximum atomic E-state index is 8.79. The van der Waals surface area contributed by atoms with Crippen LogP contribution in [0.2, 0.25) is 5.02 Å². The largest absolute Gasteiger partial charge is 0.324 e. The standard InChI is InChI=1S/C11H11ClN2/c12-9-5-7(6-13)4-8-2-1-3-10(14)11(8)9/h4-5,10H,1-3,14H2. The topological polar surface area (TPSA) is 49.8 Å². The molecular formula is C11H11ClN2. The molecule has 1 unspecified atom stereocenters. The van der Waals surface area contributed by atoms with E-state index < -0.39 is 0 Å². The van der Waals surface area contributed by atoms with E-state index in [-0.39, 0.29) is 6.04 Å².